The minimum absolute atomic E-state index is 0.0627. The number of nitrogens with zero attached hydrogens (tertiary/aromatic N) is 2. The topological polar surface area (TPSA) is 70.1 Å². The number of halogens is 2. The first-order valence-corrected chi connectivity index (χ1v) is 6.22. The third-order valence-electron chi connectivity index (χ3n) is 2.35. The monoisotopic (exact) mass is 327 g/mol. The second-order valence-corrected chi connectivity index (χ2v) is 4.75. The number of esters is 1. The van der Waals surface area contributed by atoms with Crippen LogP contribution in [0.25, 0.3) is 0 Å². The lowest BCUT2D eigenvalue weighted by Gasteiger charge is -2.06. The molecule has 2 aromatic rings. The molecule has 0 unspecified atom stereocenters. The van der Waals surface area contributed by atoms with Gasteiger partial charge in [0.2, 0.25) is 0 Å². The van der Waals surface area contributed by atoms with Crippen LogP contribution < -0.4 is 5.73 Å². The van der Waals surface area contributed by atoms with E-state index in [0.29, 0.717) is 11.4 Å². The van der Waals surface area contributed by atoms with E-state index in [1.54, 1.807) is 24.4 Å². The van der Waals surface area contributed by atoms with Crippen LogP contribution in [0.5, 0.6) is 0 Å². The molecule has 0 aliphatic carbocycles. The van der Waals surface area contributed by atoms with Crippen LogP contribution in [0.2, 0.25) is 0 Å². The number of hydrogen-bond acceptors (Lipinski definition) is 4. The maximum atomic E-state index is 13.4. The third-order valence-corrected chi connectivity index (χ3v) is 2.84. The maximum Gasteiger partial charge on any atom is 0.328 e. The summed E-state index contributed by atoms with van der Waals surface area (Å²) in [6, 6.07) is 6.02. The van der Waals surface area contributed by atoms with Crippen molar-refractivity contribution in [3.05, 3.63) is 46.3 Å². The number of nitrogens with two attached hydrogens (primary N) is 1. The van der Waals surface area contributed by atoms with Crippen molar-refractivity contribution >= 4 is 27.7 Å². The van der Waals surface area contributed by atoms with Crippen LogP contribution in [0.3, 0.4) is 0 Å². The van der Waals surface area contributed by atoms with Gasteiger partial charge < -0.3 is 10.5 Å². The summed E-state index contributed by atoms with van der Waals surface area (Å²) < 4.78 is 20.5. The third kappa shape index (κ3) is 3.78. The minimum Gasteiger partial charge on any atom is -0.459 e. The second kappa shape index (κ2) is 5.83. The van der Waals surface area contributed by atoms with Crippen molar-refractivity contribution in [3.8, 4) is 0 Å². The molecule has 0 amide bonds. The Hall–Kier alpha value is -1.89. The Labute approximate surface area is 117 Å². The molecule has 0 aliphatic heterocycles. The molecule has 1 heterocycles. The lowest BCUT2D eigenvalue weighted by atomic mass is 10.2. The summed E-state index contributed by atoms with van der Waals surface area (Å²) in [4.78, 5) is 11.5. The van der Waals surface area contributed by atoms with Crippen LogP contribution >= 0.6 is 15.9 Å². The van der Waals surface area contributed by atoms with Crippen molar-refractivity contribution in [2.24, 2.45) is 0 Å². The van der Waals surface area contributed by atoms with Crippen LogP contribution in [0.4, 0.5) is 10.2 Å². The van der Waals surface area contributed by atoms with Gasteiger partial charge >= 0.3 is 5.97 Å². The lowest BCUT2D eigenvalue weighted by molar-refractivity contribution is -0.145. The SMILES string of the molecule is Nc1ccn(CC(=O)OCc2cc(Br)ccc2F)n1. The van der Waals surface area contributed by atoms with E-state index in [-0.39, 0.29) is 13.2 Å². The first-order valence-electron chi connectivity index (χ1n) is 5.43. The average molecular weight is 328 g/mol. The number of aromatic nitrogens is 2. The van der Waals surface area contributed by atoms with Crippen molar-refractivity contribution in [1.29, 1.82) is 0 Å². The van der Waals surface area contributed by atoms with E-state index in [0.717, 1.165) is 4.47 Å². The molecule has 0 fully saturated rings. The first kappa shape index (κ1) is 13.5. The molecule has 0 aliphatic rings. The molecule has 1 aromatic heterocycles. The molecule has 0 spiro atoms. The van der Waals surface area contributed by atoms with E-state index >= 15 is 0 Å². The molecule has 0 saturated carbocycles. The molecule has 0 radical (unpaired) electrons. The number of carbonyl (C=O) groups is 1. The minimum atomic E-state index is -0.512. The van der Waals surface area contributed by atoms with Gasteiger partial charge in [0.15, 0.2) is 0 Å². The van der Waals surface area contributed by atoms with Gasteiger partial charge in [-0.05, 0) is 24.3 Å². The number of benzene rings is 1. The summed E-state index contributed by atoms with van der Waals surface area (Å²) >= 11 is 3.22. The Morgan fingerprint density at radius 2 is 2.26 bits per heavy atom. The van der Waals surface area contributed by atoms with Gasteiger partial charge in [-0.3, -0.25) is 9.48 Å². The highest BCUT2D eigenvalue weighted by Gasteiger charge is 2.08. The predicted octanol–water partition coefficient (Wildman–Crippen LogP) is 2.11. The Balaban J connectivity index is 1.91. The molecule has 0 bridgehead atoms. The molecule has 0 atom stereocenters. The molecule has 7 heteroatoms. The summed E-state index contributed by atoms with van der Waals surface area (Å²) in [6.07, 6.45) is 1.57. The van der Waals surface area contributed by atoms with Crippen LogP contribution in [0.15, 0.2) is 34.9 Å². The van der Waals surface area contributed by atoms with Gasteiger partial charge in [0.1, 0.15) is 24.8 Å². The summed E-state index contributed by atoms with van der Waals surface area (Å²) in [5, 5.41) is 3.85. The van der Waals surface area contributed by atoms with Gasteiger partial charge in [-0.2, -0.15) is 5.10 Å². The van der Waals surface area contributed by atoms with Gasteiger partial charge in [0.25, 0.3) is 0 Å². The highest BCUT2D eigenvalue weighted by atomic mass is 79.9. The summed E-state index contributed by atoms with van der Waals surface area (Å²) in [5.74, 6) is -0.604. The molecule has 2 rings (SSSR count). The zero-order valence-corrected chi connectivity index (χ0v) is 11.4. The zero-order valence-electron chi connectivity index (χ0n) is 9.85. The van der Waals surface area contributed by atoms with Crippen molar-refractivity contribution < 1.29 is 13.9 Å². The molecule has 100 valence electrons. The van der Waals surface area contributed by atoms with E-state index in [2.05, 4.69) is 21.0 Å². The summed E-state index contributed by atoms with van der Waals surface area (Å²) in [5.41, 5.74) is 5.73. The fourth-order valence-electron chi connectivity index (χ4n) is 1.46. The number of ether oxygens (including phenoxy) is 1. The fraction of sp³-hybridized carbons (Fsp3) is 0.167. The van der Waals surface area contributed by atoms with E-state index < -0.39 is 11.8 Å². The highest BCUT2D eigenvalue weighted by Crippen LogP contribution is 2.16. The standard InChI is InChI=1S/C12H11BrFN3O2/c13-9-1-2-10(14)8(5-9)7-19-12(18)6-17-4-3-11(15)16-17/h1-5H,6-7H2,(H2,15,16). The van der Waals surface area contributed by atoms with Gasteiger partial charge in [-0.15, -0.1) is 0 Å². The van der Waals surface area contributed by atoms with Gasteiger partial charge in [0.05, 0.1) is 0 Å². The number of rotatable bonds is 4. The normalized spacial score (nSPS) is 10.4. The maximum absolute atomic E-state index is 13.4. The van der Waals surface area contributed by atoms with Crippen LogP contribution in [0, 0.1) is 5.82 Å². The molecule has 19 heavy (non-hydrogen) atoms. The Morgan fingerprint density at radius 3 is 2.95 bits per heavy atom. The lowest BCUT2D eigenvalue weighted by Crippen LogP contribution is -2.14. The second-order valence-electron chi connectivity index (χ2n) is 3.83. The van der Waals surface area contributed by atoms with Crippen LogP contribution in [-0.2, 0) is 22.7 Å². The largest absolute Gasteiger partial charge is 0.459 e. The number of hydrogen-bond donors (Lipinski definition) is 1. The number of anilines is 1. The van der Waals surface area contributed by atoms with Crippen LogP contribution in [0.1, 0.15) is 5.56 Å². The summed E-state index contributed by atoms with van der Waals surface area (Å²) in [6.45, 7) is -0.187. The zero-order chi connectivity index (χ0) is 13.8. The molecular weight excluding hydrogens is 317 g/mol. The molecule has 1 aromatic carbocycles. The number of carbonyl (C=O) groups excluding carboxylic acids is 1. The van der Waals surface area contributed by atoms with Gasteiger partial charge in [-0.1, -0.05) is 15.9 Å². The Kier molecular flexibility index (Phi) is 4.16. The van der Waals surface area contributed by atoms with Crippen molar-refractivity contribution in [2.45, 2.75) is 13.2 Å². The van der Waals surface area contributed by atoms with Gasteiger partial charge in [0, 0.05) is 16.2 Å². The average Bonchev–Trinajstić information content (AvgIpc) is 2.76. The molecule has 0 saturated heterocycles. The summed E-state index contributed by atoms with van der Waals surface area (Å²) in [7, 11) is 0. The Bertz CT molecular complexity index is 600. The van der Waals surface area contributed by atoms with E-state index in [4.69, 9.17) is 10.5 Å². The van der Waals surface area contributed by atoms with Crippen LogP contribution in [-0.4, -0.2) is 15.7 Å². The van der Waals surface area contributed by atoms with Crippen molar-refractivity contribution in [3.63, 3.8) is 0 Å². The van der Waals surface area contributed by atoms with E-state index in [1.807, 2.05) is 0 Å². The highest BCUT2D eigenvalue weighted by molar-refractivity contribution is 9.10. The predicted molar refractivity (Wildman–Crippen MR) is 70.5 cm³/mol. The molecule has 5 nitrogen and oxygen atoms in total. The van der Waals surface area contributed by atoms with Gasteiger partial charge in [-0.25, -0.2) is 4.39 Å². The van der Waals surface area contributed by atoms with E-state index in [1.165, 1.54) is 10.7 Å². The molecular formula is C12H11BrFN3O2. The fourth-order valence-corrected chi connectivity index (χ4v) is 1.86. The Morgan fingerprint density at radius 1 is 1.47 bits per heavy atom. The molecule has 2 N–H and O–H groups in total. The smallest absolute Gasteiger partial charge is 0.328 e. The quantitative estimate of drug-likeness (QED) is 0.873. The number of nitrogen functional groups attached to an aromatic ring is 1. The van der Waals surface area contributed by atoms with Crippen molar-refractivity contribution in [2.75, 3.05) is 5.73 Å². The first-order chi connectivity index (χ1) is 9.04. The van der Waals surface area contributed by atoms with Crippen molar-refractivity contribution in [1.82, 2.24) is 9.78 Å². The van der Waals surface area contributed by atoms with E-state index in [9.17, 15) is 9.18 Å².